The zero-order valence-corrected chi connectivity index (χ0v) is 15.4. The summed E-state index contributed by atoms with van der Waals surface area (Å²) in [7, 11) is 0. The highest BCUT2D eigenvalue weighted by molar-refractivity contribution is 6.00. The first kappa shape index (κ1) is 22.6. The lowest BCUT2D eigenvalue weighted by atomic mass is 10.1. The van der Waals surface area contributed by atoms with E-state index in [1.807, 2.05) is 0 Å². The minimum Gasteiger partial charge on any atom is -0.480 e. The summed E-state index contributed by atoms with van der Waals surface area (Å²) in [6.45, 7) is 4.98. The summed E-state index contributed by atoms with van der Waals surface area (Å²) < 4.78 is 0. The van der Waals surface area contributed by atoms with E-state index >= 15 is 0 Å². The summed E-state index contributed by atoms with van der Waals surface area (Å²) in [6.07, 6.45) is 10.3. The first-order chi connectivity index (χ1) is 11.3. The highest BCUT2D eigenvalue weighted by atomic mass is 16.4. The second-order valence-electron chi connectivity index (χ2n) is 6.48. The van der Waals surface area contributed by atoms with Gasteiger partial charge in [-0.05, 0) is 20.3 Å². The van der Waals surface area contributed by atoms with E-state index in [4.69, 9.17) is 10.8 Å². The van der Waals surface area contributed by atoms with Gasteiger partial charge in [-0.2, -0.15) is 0 Å². The molecule has 24 heavy (non-hydrogen) atoms. The normalized spacial score (nSPS) is 13.3. The average molecular weight is 342 g/mol. The van der Waals surface area contributed by atoms with Gasteiger partial charge in [0.2, 0.25) is 11.8 Å². The van der Waals surface area contributed by atoms with Crippen molar-refractivity contribution in [3.05, 3.63) is 0 Å². The molecule has 0 spiro atoms. The third-order valence-electron chi connectivity index (χ3n) is 4.13. The standard InChI is InChI=1S/C18H34N2O4/c1-4-5-6-7-8-9-10-11-12-13-16(21)20(15(3)18(23)24)17(22)14(2)19/h14-15H,4-13,19H2,1-3H3,(H,23,24)/t14-,15-/m0/s1. The van der Waals surface area contributed by atoms with E-state index in [9.17, 15) is 14.4 Å². The molecule has 3 N–H and O–H groups in total. The smallest absolute Gasteiger partial charge is 0.326 e. The van der Waals surface area contributed by atoms with Gasteiger partial charge in [-0.3, -0.25) is 14.5 Å². The quantitative estimate of drug-likeness (QED) is 0.501. The molecule has 0 radical (unpaired) electrons. The minimum atomic E-state index is -1.20. The molecule has 0 bridgehead atoms. The van der Waals surface area contributed by atoms with Crippen molar-refractivity contribution in [2.24, 2.45) is 5.73 Å². The Hall–Kier alpha value is -1.43. The first-order valence-electron chi connectivity index (χ1n) is 9.17. The summed E-state index contributed by atoms with van der Waals surface area (Å²) in [6, 6.07) is -2.08. The van der Waals surface area contributed by atoms with Gasteiger partial charge in [-0.25, -0.2) is 4.79 Å². The Morgan fingerprint density at radius 3 is 1.79 bits per heavy atom. The van der Waals surface area contributed by atoms with Crippen molar-refractivity contribution in [2.75, 3.05) is 0 Å². The van der Waals surface area contributed by atoms with Gasteiger partial charge in [0.15, 0.2) is 0 Å². The maximum Gasteiger partial charge on any atom is 0.326 e. The molecule has 0 fully saturated rings. The molecule has 0 heterocycles. The van der Waals surface area contributed by atoms with Crippen LogP contribution < -0.4 is 5.73 Å². The van der Waals surface area contributed by atoms with Crippen LogP contribution in [0.3, 0.4) is 0 Å². The number of rotatable bonds is 13. The van der Waals surface area contributed by atoms with Crippen molar-refractivity contribution >= 4 is 17.8 Å². The van der Waals surface area contributed by atoms with Gasteiger partial charge in [-0.15, -0.1) is 0 Å². The van der Waals surface area contributed by atoms with Gasteiger partial charge in [0, 0.05) is 6.42 Å². The van der Waals surface area contributed by atoms with Crippen LogP contribution in [0.2, 0.25) is 0 Å². The van der Waals surface area contributed by atoms with Crippen molar-refractivity contribution in [3.8, 4) is 0 Å². The molecule has 0 aliphatic rings. The fourth-order valence-corrected chi connectivity index (χ4v) is 2.57. The van der Waals surface area contributed by atoms with Crippen LogP contribution in [0.15, 0.2) is 0 Å². The molecule has 6 heteroatoms. The predicted octanol–water partition coefficient (Wildman–Crippen LogP) is 3.08. The Bertz CT molecular complexity index is 396. The fraction of sp³-hybridized carbons (Fsp3) is 0.833. The SMILES string of the molecule is CCCCCCCCCCCC(=O)N(C(=O)[C@H](C)N)[C@@H](C)C(=O)O. The number of nitrogens with zero attached hydrogens (tertiary/aromatic N) is 1. The van der Waals surface area contributed by atoms with Crippen molar-refractivity contribution in [1.82, 2.24) is 4.90 Å². The molecule has 0 rings (SSSR count). The number of imide groups is 1. The van der Waals surface area contributed by atoms with Crippen LogP contribution in [0.25, 0.3) is 0 Å². The zero-order chi connectivity index (χ0) is 18.5. The predicted molar refractivity (Wildman–Crippen MR) is 94.4 cm³/mol. The number of carboxylic acids is 1. The number of unbranched alkanes of at least 4 members (excludes halogenated alkanes) is 8. The van der Waals surface area contributed by atoms with Gasteiger partial charge in [-0.1, -0.05) is 58.3 Å². The Labute approximate surface area is 145 Å². The number of hydrogen-bond acceptors (Lipinski definition) is 4. The lowest BCUT2D eigenvalue weighted by molar-refractivity contribution is -0.157. The molecule has 0 saturated carbocycles. The Morgan fingerprint density at radius 2 is 1.38 bits per heavy atom. The molecule has 0 aliphatic carbocycles. The largest absolute Gasteiger partial charge is 0.480 e. The summed E-state index contributed by atoms with van der Waals surface area (Å²) >= 11 is 0. The van der Waals surface area contributed by atoms with Crippen LogP contribution in [0.5, 0.6) is 0 Å². The molecule has 0 aromatic heterocycles. The molecule has 140 valence electrons. The average Bonchev–Trinajstić information content (AvgIpc) is 2.53. The number of carboxylic acid groups (broad SMARTS) is 1. The van der Waals surface area contributed by atoms with Crippen LogP contribution in [-0.4, -0.2) is 39.9 Å². The summed E-state index contributed by atoms with van der Waals surface area (Å²) in [4.78, 5) is 36.1. The number of nitrogens with two attached hydrogens (primary N) is 1. The van der Waals surface area contributed by atoms with Gasteiger partial charge in [0.05, 0.1) is 6.04 Å². The Balaban J connectivity index is 4.16. The molecule has 0 aromatic carbocycles. The van der Waals surface area contributed by atoms with Crippen molar-refractivity contribution in [1.29, 1.82) is 0 Å². The van der Waals surface area contributed by atoms with Crippen LogP contribution in [-0.2, 0) is 14.4 Å². The molecule has 6 nitrogen and oxygen atoms in total. The fourth-order valence-electron chi connectivity index (χ4n) is 2.57. The van der Waals surface area contributed by atoms with Crippen LogP contribution in [0, 0.1) is 0 Å². The van der Waals surface area contributed by atoms with E-state index in [1.165, 1.54) is 46.0 Å². The molecule has 0 unspecified atom stereocenters. The molecular weight excluding hydrogens is 308 g/mol. The van der Waals surface area contributed by atoms with Crippen LogP contribution >= 0.6 is 0 Å². The third kappa shape index (κ3) is 9.01. The van der Waals surface area contributed by atoms with E-state index in [0.717, 1.165) is 24.2 Å². The minimum absolute atomic E-state index is 0.186. The number of amides is 2. The number of hydrogen-bond donors (Lipinski definition) is 2. The van der Waals surface area contributed by atoms with Crippen LogP contribution in [0.1, 0.15) is 85.0 Å². The Kier molecular flexibility index (Phi) is 12.2. The molecule has 0 aliphatic heterocycles. The highest BCUT2D eigenvalue weighted by Crippen LogP contribution is 2.13. The maximum atomic E-state index is 12.2. The number of aliphatic carboxylic acids is 1. The number of carbonyl (C=O) groups is 3. The van der Waals surface area contributed by atoms with Gasteiger partial charge in [0.1, 0.15) is 6.04 Å². The monoisotopic (exact) mass is 342 g/mol. The van der Waals surface area contributed by atoms with Gasteiger partial charge in [0.25, 0.3) is 0 Å². The topological polar surface area (TPSA) is 101 Å². The van der Waals surface area contributed by atoms with Crippen molar-refractivity contribution in [3.63, 3.8) is 0 Å². The Morgan fingerprint density at radius 1 is 0.917 bits per heavy atom. The summed E-state index contributed by atoms with van der Waals surface area (Å²) in [5.74, 6) is -2.29. The van der Waals surface area contributed by atoms with Gasteiger partial charge < -0.3 is 10.8 Å². The van der Waals surface area contributed by atoms with Crippen molar-refractivity contribution in [2.45, 2.75) is 97.1 Å². The lowest BCUT2D eigenvalue weighted by Crippen LogP contribution is -2.52. The van der Waals surface area contributed by atoms with E-state index in [1.54, 1.807) is 0 Å². The third-order valence-corrected chi connectivity index (χ3v) is 4.13. The second kappa shape index (κ2) is 12.9. The first-order valence-corrected chi connectivity index (χ1v) is 9.17. The van der Waals surface area contributed by atoms with Gasteiger partial charge >= 0.3 is 5.97 Å². The van der Waals surface area contributed by atoms with E-state index < -0.39 is 29.9 Å². The molecule has 0 aromatic rings. The van der Waals surface area contributed by atoms with Crippen LogP contribution in [0.4, 0.5) is 0 Å². The zero-order valence-electron chi connectivity index (χ0n) is 15.4. The van der Waals surface area contributed by atoms with E-state index in [0.29, 0.717) is 6.42 Å². The molecule has 2 amide bonds. The van der Waals surface area contributed by atoms with E-state index in [-0.39, 0.29) is 6.42 Å². The lowest BCUT2D eigenvalue weighted by Gasteiger charge is -2.26. The summed E-state index contributed by atoms with van der Waals surface area (Å²) in [5, 5.41) is 9.08. The molecule has 2 atom stereocenters. The van der Waals surface area contributed by atoms with E-state index in [2.05, 4.69) is 6.92 Å². The number of carbonyl (C=O) groups excluding carboxylic acids is 2. The maximum absolute atomic E-state index is 12.2. The summed E-state index contributed by atoms with van der Waals surface area (Å²) in [5.41, 5.74) is 5.52. The second-order valence-corrected chi connectivity index (χ2v) is 6.48. The van der Waals surface area contributed by atoms with Crippen molar-refractivity contribution < 1.29 is 19.5 Å². The highest BCUT2D eigenvalue weighted by Gasteiger charge is 2.32. The molecular formula is C18H34N2O4. The molecule has 0 saturated heterocycles.